The van der Waals surface area contributed by atoms with E-state index in [4.69, 9.17) is 4.18 Å². The molecule has 0 radical (unpaired) electrons. The third-order valence-corrected chi connectivity index (χ3v) is 6.00. The second kappa shape index (κ2) is 11.0. The summed E-state index contributed by atoms with van der Waals surface area (Å²) in [6.07, 6.45) is 0.811. The standard InChI is InChI=1S/C23H31N3O5S/c1-6-17(4)26(23(28)24-16(2)3)15-19-7-11-21(12-8-19)31-32(29,30)22-13-9-20(10-14-22)25-18(5)27/h7-14,16-17H,6,15H2,1-5H3,(H,24,28)(H,25,27). The van der Waals surface area contributed by atoms with Crippen LogP contribution in [0.3, 0.4) is 0 Å². The maximum atomic E-state index is 12.5. The summed E-state index contributed by atoms with van der Waals surface area (Å²) in [6, 6.07) is 12.3. The summed E-state index contributed by atoms with van der Waals surface area (Å²) in [5.74, 6) is -0.0769. The van der Waals surface area contributed by atoms with Gasteiger partial charge in [-0.25, -0.2) is 4.79 Å². The molecule has 0 spiro atoms. The quantitative estimate of drug-likeness (QED) is 0.546. The minimum absolute atomic E-state index is 0.0241. The van der Waals surface area contributed by atoms with Crippen molar-refractivity contribution in [3.05, 3.63) is 54.1 Å². The van der Waals surface area contributed by atoms with Crippen molar-refractivity contribution in [3.8, 4) is 5.75 Å². The lowest BCUT2D eigenvalue weighted by Crippen LogP contribution is -2.46. The van der Waals surface area contributed by atoms with E-state index in [1.807, 2.05) is 27.7 Å². The number of amides is 3. The number of nitrogens with zero attached hydrogens (tertiary/aromatic N) is 1. The van der Waals surface area contributed by atoms with Crippen LogP contribution in [0.4, 0.5) is 10.5 Å². The maximum absolute atomic E-state index is 12.5. The largest absolute Gasteiger partial charge is 0.379 e. The van der Waals surface area contributed by atoms with E-state index in [1.165, 1.54) is 31.2 Å². The number of rotatable bonds is 9. The third-order valence-electron chi connectivity index (χ3n) is 4.74. The third kappa shape index (κ3) is 7.26. The summed E-state index contributed by atoms with van der Waals surface area (Å²) < 4.78 is 30.3. The average molecular weight is 462 g/mol. The van der Waals surface area contributed by atoms with Gasteiger partial charge in [-0.1, -0.05) is 19.1 Å². The lowest BCUT2D eigenvalue weighted by Gasteiger charge is -2.29. The molecule has 0 aliphatic rings. The summed E-state index contributed by atoms with van der Waals surface area (Å²) in [5, 5.41) is 5.49. The normalized spacial score (nSPS) is 12.2. The monoisotopic (exact) mass is 461 g/mol. The van der Waals surface area contributed by atoms with Gasteiger partial charge in [-0.3, -0.25) is 4.79 Å². The van der Waals surface area contributed by atoms with E-state index in [1.54, 1.807) is 29.2 Å². The number of hydrogen-bond donors (Lipinski definition) is 2. The van der Waals surface area contributed by atoms with Crippen LogP contribution in [0.5, 0.6) is 5.75 Å². The number of benzene rings is 2. The molecule has 8 nitrogen and oxygen atoms in total. The zero-order valence-electron chi connectivity index (χ0n) is 19.1. The van der Waals surface area contributed by atoms with Crippen molar-refractivity contribution in [3.63, 3.8) is 0 Å². The molecule has 0 aliphatic heterocycles. The summed E-state index contributed by atoms with van der Waals surface area (Å²) in [4.78, 5) is 25.4. The zero-order chi connectivity index (χ0) is 23.9. The molecule has 2 aromatic rings. The van der Waals surface area contributed by atoms with Gasteiger partial charge in [0.1, 0.15) is 10.6 Å². The molecule has 1 unspecified atom stereocenters. The first kappa shape index (κ1) is 25.2. The summed E-state index contributed by atoms with van der Waals surface area (Å²) >= 11 is 0. The second-order valence-electron chi connectivity index (χ2n) is 7.88. The van der Waals surface area contributed by atoms with Crippen LogP contribution in [0.1, 0.15) is 46.6 Å². The molecule has 2 aromatic carbocycles. The van der Waals surface area contributed by atoms with Crippen LogP contribution >= 0.6 is 0 Å². The van der Waals surface area contributed by atoms with E-state index in [0.717, 1.165) is 12.0 Å². The van der Waals surface area contributed by atoms with Crippen molar-refractivity contribution in [2.45, 2.75) is 64.6 Å². The lowest BCUT2D eigenvalue weighted by atomic mass is 10.1. The summed E-state index contributed by atoms with van der Waals surface area (Å²) in [5.41, 5.74) is 1.35. The van der Waals surface area contributed by atoms with Gasteiger partial charge in [-0.05, 0) is 69.2 Å². The van der Waals surface area contributed by atoms with Gasteiger partial charge in [0.25, 0.3) is 0 Å². The van der Waals surface area contributed by atoms with Crippen LogP contribution in [-0.4, -0.2) is 37.3 Å². The molecule has 1 atom stereocenters. The molecule has 0 saturated heterocycles. The molecule has 32 heavy (non-hydrogen) atoms. The predicted octanol–water partition coefficient (Wildman–Crippen LogP) is 4.13. The predicted molar refractivity (Wildman–Crippen MR) is 124 cm³/mol. The first-order valence-electron chi connectivity index (χ1n) is 10.5. The van der Waals surface area contributed by atoms with E-state index in [-0.39, 0.29) is 34.7 Å². The summed E-state index contributed by atoms with van der Waals surface area (Å²) in [7, 11) is -4.03. The molecular weight excluding hydrogens is 430 g/mol. The van der Waals surface area contributed by atoms with Crippen LogP contribution in [0.2, 0.25) is 0 Å². The molecule has 0 heterocycles. The number of nitrogens with one attached hydrogen (secondary N) is 2. The fourth-order valence-corrected chi connectivity index (χ4v) is 3.84. The lowest BCUT2D eigenvalue weighted by molar-refractivity contribution is -0.114. The molecule has 0 aromatic heterocycles. The minimum atomic E-state index is -4.03. The Labute approximate surface area is 190 Å². The fourth-order valence-electron chi connectivity index (χ4n) is 2.91. The van der Waals surface area contributed by atoms with Crippen molar-refractivity contribution in [1.82, 2.24) is 10.2 Å². The highest BCUT2D eigenvalue weighted by atomic mass is 32.2. The topological polar surface area (TPSA) is 105 Å². The van der Waals surface area contributed by atoms with E-state index in [9.17, 15) is 18.0 Å². The van der Waals surface area contributed by atoms with Crippen LogP contribution < -0.4 is 14.8 Å². The highest BCUT2D eigenvalue weighted by Gasteiger charge is 2.20. The molecule has 2 rings (SSSR count). The van der Waals surface area contributed by atoms with Crippen LogP contribution in [0.25, 0.3) is 0 Å². The van der Waals surface area contributed by atoms with E-state index in [2.05, 4.69) is 10.6 Å². The molecular formula is C23H31N3O5S. The molecule has 2 N–H and O–H groups in total. The van der Waals surface area contributed by atoms with Crippen LogP contribution in [-0.2, 0) is 21.5 Å². The van der Waals surface area contributed by atoms with E-state index < -0.39 is 10.1 Å². The van der Waals surface area contributed by atoms with Gasteiger partial charge < -0.3 is 19.7 Å². The van der Waals surface area contributed by atoms with Crippen molar-refractivity contribution in [1.29, 1.82) is 0 Å². The number of carbonyl (C=O) groups excluding carboxylic acids is 2. The maximum Gasteiger partial charge on any atom is 0.339 e. The highest BCUT2D eigenvalue weighted by molar-refractivity contribution is 7.87. The Balaban J connectivity index is 2.10. The Morgan fingerprint density at radius 1 is 1.00 bits per heavy atom. The summed E-state index contributed by atoms with van der Waals surface area (Å²) in [6.45, 7) is 9.59. The Hall–Kier alpha value is -3.07. The van der Waals surface area contributed by atoms with Gasteiger partial charge in [0.15, 0.2) is 0 Å². The SMILES string of the molecule is CCC(C)N(Cc1ccc(OS(=O)(=O)c2ccc(NC(C)=O)cc2)cc1)C(=O)NC(C)C. The number of anilines is 1. The molecule has 0 bridgehead atoms. The second-order valence-corrected chi connectivity index (χ2v) is 9.42. The van der Waals surface area contributed by atoms with Gasteiger partial charge >= 0.3 is 16.1 Å². The number of urea groups is 1. The van der Waals surface area contributed by atoms with Crippen molar-refractivity contribution >= 4 is 27.7 Å². The minimum Gasteiger partial charge on any atom is -0.379 e. The Morgan fingerprint density at radius 2 is 1.59 bits per heavy atom. The Morgan fingerprint density at radius 3 is 2.09 bits per heavy atom. The van der Waals surface area contributed by atoms with E-state index in [0.29, 0.717) is 12.2 Å². The van der Waals surface area contributed by atoms with E-state index >= 15 is 0 Å². The van der Waals surface area contributed by atoms with Crippen molar-refractivity contribution < 1.29 is 22.2 Å². The molecule has 9 heteroatoms. The van der Waals surface area contributed by atoms with Gasteiger partial charge in [-0.2, -0.15) is 8.42 Å². The molecule has 0 aliphatic carbocycles. The number of hydrogen-bond acceptors (Lipinski definition) is 5. The first-order valence-corrected chi connectivity index (χ1v) is 11.9. The molecule has 174 valence electrons. The van der Waals surface area contributed by atoms with Gasteiger partial charge in [0.05, 0.1) is 0 Å². The Bertz CT molecular complexity index is 1020. The van der Waals surface area contributed by atoms with Gasteiger partial charge in [0.2, 0.25) is 5.91 Å². The smallest absolute Gasteiger partial charge is 0.339 e. The first-order chi connectivity index (χ1) is 15.0. The van der Waals surface area contributed by atoms with Crippen molar-refractivity contribution in [2.24, 2.45) is 0 Å². The van der Waals surface area contributed by atoms with Crippen LogP contribution in [0, 0.1) is 0 Å². The Kier molecular flexibility index (Phi) is 8.65. The molecule has 0 fully saturated rings. The zero-order valence-corrected chi connectivity index (χ0v) is 19.9. The number of carbonyl (C=O) groups is 2. The molecule has 0 saturated carbocycles. The van der Waals surface area contributed by atoms with Crippen molar-refractivity contribution in [2.75, 3.05) is 5.32 Å². The molecule has 3 amide bonds. The van der Waals surface area contributed by atoms with Gasteiger partial charge in [-0.15, -0.1) is 0 Å². The van der Waals surface area contributed by atoms with Gasteiger partial charge in [0, 0.05) is 31.2 Å². The average Bonchev–Trinajstić information content (AvgIpc) is 2.71. The van der Waals surface area contributed by atoms with Crippen LogP contribution in [0.15, 0.2) is 53.4 Å². The fraction of sp³-hybridized carbons (Fsp3) is 0.391. The highest BCUT2D eigenvalue weighted by Crippen LogP contribution is 2.22.